The van der Waals surface area contributed by atoms with E-state index >= 15 is 0 Å². The molecule has 0 saturated heterocycles. The van der Waals surface area contributed by atoms with Crippen LogP contribution in [-0.2, 0) is 11.0 Å². The summed E-state index contributed by atoms with van der Waals surface area (Å²) in [4.78, 5) is 26.5. The van der Waals surface area contributed by atoms with Crippen molar-refractivity contribution in [3.63, 3.8) is 0 Å². The molecule has 11 heteroatoms. The Hall–Kier alpha value is -3.89. The number of carbonyl (C=O) groups is 2. The number of carboxylic acids is 1. The van der Waals surface area contributed by atoms with E-state index in [0.717, 1.165) is 30.5 Å². The Morgan fingerprint density at radius 3 is 2.29 bits per heavy atom. The summed E-state index contributed by atoms with van der Waals surface area (Å²) in [7, 11) is 0. The Bertz CT molecular complexity index is 1140. The number of aromatic nitrogens is 2. The predicted octanol–water partition coefficient (Wildman–Crippen LogP) is 5.30. The summed E-state index contributed by atoms with van der Waals surface area (Å²) in [6.45, 7) is 3.45. The number of hydrogen-bond acceptors (Lipinski definition) is 6. The fourth-order valence-electron chi connectivity index (χ4n) is 3.31. The average Bonchev–Trinajstić information content (AvgIpc) is 3.33. The second kappa shape index (κ2) is 11.0. The van der Waals surface area contributed by atoms with E-state index in [1.54, 1.807) is 48.5 Å². The Labute approximate surface area is 199 Å². The molecule has 2 aromatic carbocycles. The highest BCUT2D eigenvalue weighted by atomic mass is 19.4. The fraction of sp³-hybridized carbons (Fsp3) is 0.333. The summed E-state index contributed by atoms with van der Waals surface area (Å²) in [6.07, 6.45) is -1.99. The molecule has 186 valence electrons. The minimum atomic E-state index is -4.70. The maximum absolute atomic E-state index is 12.7. The smallest absolute Gasteiger partial charge is 0.471 e. The minimum absolute atomic E-state index is 0.0910. The van der Waals surface area contributed by atoms with Crippen LogP contribution in [0, 0.1) is 0 Å². The van der Waals surface area contributed by atoms with Gasteiger partial charge in [0.05, 0.1) is 6.04 Å². The lowest BCUT2D eigenvalue weighted by Gasteiger charge is -2.21. The van der Waals surface area contributed by atoms with Gasteiger partial charge in [0.15, 0.2) is 0 Å². The van der Waals surface area contributed by atoms with Crippen LogP contribution < -0.4 is 10.6 Å². The third-order valence-corrected chi connectivity index (χ3v) is 5.29. The van der Waals surface area contributed by atoms with Gasteiger partial charge in [0, 0.05) is 16.8 Å². The summed E-state index contributed by atoms with van der Waals surface area (Å²) in [5.41, 5.74) is 2.40. The molecule has 1 amide bonds. The Balaban J connectivity index is 1.73. The third kappa shape index (κ3) is 6.81. The number of hydrogen-bond donors (Lipinski definition) is 3. The summed E-state index contributed by atoms with van der Waals surface area (Å²) >= 11 is 0. The number of rotatable bonds is 10. The number of alkyl halides is 3. The van der Waals surface area contributed by atoms with Gasteiger partial charge in [-0.05, 0) is 43.2 Å². The third-order valence-electron chi connectivity index (χ3n) is 5.29. The second-order valence-electron chi connectivity index (χ2n) is 7.99. The van der Waals surface area contributed by atoms with Crippen molar-refractivity contribution in [2.75, 3.05) is 5.32 Å². The maximum Gasteiger partial charge on any atom is 0.471 e. The number of nitrogens with zero attached hydrogens (tertiary/aromatic N) is 2. The summed E-state index contributed by atoms with van der Waals surface area (Å²) in [5.74, 6) is -3.15. The second-order valence-corrected chi connectivity index (χ2v) is 7.99. The number of unbranched alkanes of at least 4 members (excludes halogenated alkanes) is 1. The molecule has 35 heavy (non-hydrogen) atoms. The summed E-state index contributed by atoms with van der Waals surface area (Å²) in [6, 6.07) is 12.4. The van der Waals surface area contributed by atoms with Crippen LogP contribution in [0.3, 0.4) is 0 Å². The van der Waals surface area contributed by atoms with Crippen molar-refractivity contribution < 1.29 is 32.4 Å². The predicted molar refractivity (Wildman–Crippen MR) is 122 cm³/mol. The fourth-order valence-corrected chi connectivity index (χ4v) is 3.31. The molecule has 0 spiro atoms. The topological polar surface area (TPSA) is 117 Å². The number of anilines is 1. The van der Waals surface area contributed by atoms with Crippen LogP contribution in [0.4, 0.5) is 18.9 Å². The molecule has 3 N–H and O–H groups in total. The van der Waals surface area contributed by atoms with Crippen LogP contribution in [-0.4, -0.2) is 33.2 Å². The quantitative estimate of drug-likeness (QED) is 0.353. The number of benzene rings is 2. The van der Waals surface area contributed by atoms with E-state index in [-0.39, 0.29) is 11.9 Å². The van der Waals surface area contributed by atoms with Crippen molar-refractivity contribution >= 4 is 17.6 Å². The zero-order valence-electron chi connectivity index (χ0n) is 19.1. The van der Waals surface area contributed by atoms with Gasteiger partial charge in [0.25, 0.3) is 5.91 Å². The molecular formula is C24H25F3N4O4. The van der Waals surface area contributed by atoms with Crippen LogP contribution in [0.5, 0.6) is 0 Å². The van der Waals surface area contributed by atoms with Gasteiger partial charge in [0.1, 0.15) is 6.04 Å². The van der Waals surface area contributed by atoms with Gasteiger partial charge in [-0.3, -0.25) is 9.59 Å². The molecule has 0 aliphatic rings. The molecule has 0 saturated carbocycles. The molecule has 3 aromatic rings. The first-order chi connectivity index (χ1) is 16.6. The average molecular weight is 490 g/mol. The molecule has 1 heterocycles. The van der Waals surface area contributed by atoms with Gasteiger partial charge in [-0.25, -0.2) is 0 Å². The van der Waals surface area contributed by atoms with Gasteiger partial charge in [-0.1, -0.05) is 49.2 Å². The number of carboxylic acid groups (broad SMARTS) is 1. The first kappa shape index (κ1) is 25.7. The lowest BCUT2D eigenvalue weighted by Crippen LogP contribution is -2.38. The highest BCUT2D eigenvalue weighted by molar-refractivity contribution is 5.96. The highest BCUT2D eigenvalue weighted by Gasteiger charge is 2.38. The van der Waals surface area contributed by atoms with Gasteiger partial charge in [-0.15, -0.1) is 0 Å². The monoisotopic (exact) mass is 490 g/mol. The van der Waals surface area contributed by atoms with Crippen molar-refractivity contribution in [2.24, 2.45) is 0 Å². The number of nitrogens with one attached hydrogen (secondary N) is 2. The van der Waals surface area contributed by atoms with E-state index in [1.165, 1.54) is 6.92 Å². The SMILES string of the molecule is CCCCC(Nc1ccc(C(=O)N[C@@H](C)C(=O)O)cc1)c1ccc(-c2noc(C(F)(F)F)n2)cc1. The van der Waals surface area contributed by atoms with Crippen LogP contribution >= 0.6 is 0 Å². The van der Waals surface area contributed by atoms with Crippen molar-refractivity contribution in [1.82, 2.24) is 15.5 Å². The number of amides is 1. The standard InChI is InChI=1S/C24H25F3N4O4/c1-3-4-5-19(29-18-12-10-17(11-13-18)21(32)28-14(2)22(33)34)15-6-8-16(9-7-15)20-30-23(35-31-20)24(25,26)27/h6-14,19,29H,3-5H2,1-2H3,(H,28,32)(H,33,34)/t14-,19?/m0/s1. The van der Waals surface area contributed by atoms with Crippen molar-refractivity contribution in [2.45, 2.75) is 51.4 Å². The number of halogens is 3. The zero-order chi connectivity index (χ0) is 25.6. The molecule has 0 aliphatic carbocycles. The highest BCUT2D eigenvalue weighted by Crippen LogP contribution is 2.30. The Morgan fingerprint density at radius 1 is 1.09 bits per heavy atom. The van der Waals surface area contributed by atoms with E-state index in [0.29, 0.717) is 11.1 Å². The van der Waals surface area contributed by atoms with Crippen molar-refractivity contribution in [1.29, 1.82) is 0 Å². The molecule has 0 bridgehead atoms. The summed E-state index contributed by atoms with van der Waals surface area (Å²) in [5, 5.41) is 18.2. The first-order valence-corrected chi connectivity index (χ1v) is 11.0. The largest absolute Gasteiger partial charge is 0.480 e. The van der Waals surface area contributed by atoms with Gasteiger partial charge in [0.2, 0.25) is 5.82 Å². The Kier molecular flexibility index (Phi) is 8.10. The van der Waals surface area contributed by atoms with Crippen LogP contribution in [0.1, 0.15) is 61.0 Å². The van der Waals surface area contributed by atoms with Crippen molar-refractivity contribution in [3.05, 3.63) is 65.5 Å². The van der Waals surface area contributed by atoms with Crippen molar-refractivity contribution in [3.8, 4) is 11.4 Å². The molecule has 0 radical (unpaired) electrons. The Morgan fingerprint density at radius 2 is 1.74 bits per heavy atom. The van der Waals surface area contributed by atoms with Crippen LogP contribution in [0.25, 0.3) is 11.4 Å². The number of aliphatic carboxylic acids is 1. The lowest BCUT2D eigenvalue weighted by atomic mass is 9.99. The molecule has 0 aliphatic heterocycles. The molecule has 8 nitrogen and oxygen atoms in total. The van der Waals surface area contributed by atoms with E-state index in [1.807, 2.05) is 0 Å². The normalized spacial score (nSPS) is 13.2. The molecular weight excluding hydrogens is 465 g/mol. The minimum Gasteiger partial charge on any atom is -0.480 e. The van der Waals surface area contributed by atoms with Gasteiger partial charge < -0.3 is 20.3 Å². The molecule has 0 fully saturated rings. The van der Waals surface area contributed by atoms with Crippen LogP contribution in [0.2, 0.25) is 0 Å². The number of carbonyl (C=O) groups excluding carboxylic acids is 1. The van der Waals surface area contributed by atoms with Gasteiger partial charge in [-0.2, -0.15) is 18.2 Å². The van der Waals surface area contributed by atoms with E-state index in [9.17, 15) is 22.8 Å². The molecule has 1 unspecified atom stereocenters. The van der Waals surface area contributed by atoms with Gasteiger partial charge >= 0.3 is 18.0 Å². The molecule has 1 aromatic heterocycles. The molecule has 2 atom stereocenters. The van der Waals surface area contributed by atoms with E-state index in [4.69, 9.17) is 5.11 Å². The molecule has 3 rings (SSSR count). The van der Waals surface area contributed by atoms with E-state index < -0.39 is 30.0 Å². The first-order valence-electron chi connectivity index (χ1n) is 11.0. The van der Waals surface area contributed by atoms with Crippen LogP contribution in [0.15, 0.2) is 53.1 Å². The zero-order valence-corrected chi connectivity index (χ0v) is 19.1. The lowest BCUT2D eigenvalue weighted by molar-refractivity contribution is -0.159. The van der Waals surface area contributed by atoms with E-state index in [2.05, 4.69) is 32.2 Å². The maximum atomic E-state index is 12.7. The summed E-state index contributed by atoms with van der Waals surface area (Å²) < 4.78 is 42.5.